The highest BCUT2D eigenvalue weighted by molar-refractivity contribution is 7.19. The maximum absolute atomic E-state index is 12.7. The first-order valence-corrected chi connectivity index (χ1v) is 9.53. The van der Waals surface area contributed by atoms with Crippen molar-refractivity contribution < 1.29 is 23.8 Å². The number of nitrogens with zero attached hydrogens (tertiary/aromatic N) is 1. The van der Waals surface area contributed by atoms with Gasteiger partial charge in [-0.1, -0.05) is 6.92 Å². The Hall–Kier alpha value is -3.00. The lowest BCUT2D eigenvalue weighted by molar-refractivity contribution is -0.116. The number of carbonyl (C=O) groups is 2. The van der Waals surface area contributed by atoms with E-state index in [-0.39, 0.29) is 12.5 Å². The minimum absolute atomic E-state index is 0.0205. The van der Waals surface area contributed by atoms with Crippen molar-refractivity contribution in [1.82, 2.24) is 4.57 Å². The second-order valence-electron chi connectivity index (χ2n) is 6.07. The van der Waals surface area contributed by atoms with E-state index in [2.05, 4.69) is 12.2 Å². The monoisotopic (exact) mass is 402 g/mol. The zero-order valence-corrected chi connectivity index (χ0v) is 17.0. The SMILES string of the molecule is CCc1cc2c(cc(C(=O)OC)n2CC(=O)Nc2cc(OC)cc(OC)c2)s1. The molecule has 0 fully saturated rings. The molecular formula is C20H22N2O5S. The molecule has 7 nitrogen and oxygen atoms in total. The van der Waals surface area contributed by atoms with Crippen molar-refractivity contribution in [1.29, 1.82) is 0 Å². The smallest absolute Gasteiger partial charge is 0.354 e. The normalized spacial score (nSPS) is 10.7. The Labute approximate surface area is 166 Å². The van der Waals surface area contributed by atoms with Crippen LogP contribution in [-0.4, -0.2) is 37.8 Å². The zero-order valence-electron chi connectivity index (χ0n) is 16.2. The van der Waals surface area contributed by atoms with E-state index < -0.39 is 5.97 Å². The predicted octanol–water partition coefficient (Wildman–Crippen LogP) is 3.71. The summed E-state index contributed by atoms with van der Waals surface area (Å²) >= 11 is 1.61. The van der Waals surface area contributed by atoms with Gasteiger partial charge >= 0.3 is 5.97 Å². The fourth-order valence-corrected chi connectivity index (χ4v) is 3.98. The van der Waals surface area contributed by atoms with Crippen LogP contribution in [0.1, 0.15) is 22.3 Å². The molecule has 0 atom stereocenters. The lowest BCUT2D eigenvalue weighted by Crippen LogP contribution is -2.21. The number of rotatable bonds is 7. The summed E-state index contributed by atoms with van der Waals surface area (Å²) in [5.41, 5.74) is 1.74. The number of ether oxygens (including phenoxy) is 3. The number of nitrogens with one attached hydrogen (secondary N) is 1. The van der Waals surface area contributed by atoms with Gasteiger partial charge in [-0.3, -0.25) is 4.79 Å². The number of hydrogen-bond donors (Lipinski definition) is 1. The molecule has 0 unspecified atom stereocenters. The number of methoxy groups -OCH3 is 3. The molecule has 8 heteroatoms. The van der Waals surface area contributed by atoms with Crippen LogP contribution in [0.25, 0.3) is 10.2 Å². The first-order chi connectivity index (χ1) is 13.5. The van der Waals surface area contributed by atoms with Crippen LogP contribution in [0.4, 0.5) is 5.69 Å². The van der Waals surface area contributed by atoms with Gasteiger partial charge in [0.15, 0.2) is 0 Å². The average molecular weight is 402 g/mol. The third-order valence-electron chi connectivity index (χ3n) is 4.32. The molecule has 148 valence electrons. The van der Waals surface area contributed by atoms with E-state index in [4.69, 9.17) is 14.2 Å². The van der Waals surface area contributed by atoms with Crippen LogP contribution < -0.4 is 14.8 Å². The Balaban J connectivity index is 1.90. The molecule has 0 spiro atoms. The largest absolute Gasteiger partial charge is 0.497 e. The Morgan fingerprint density at radius 2 is 1.71 bits per heavy atom. The van der Waals surface area contributed by atoms with Crippen LogP contribution in [0.2, 0.25) is 0 Å². The Bertz CT molecular complexity index is 999. The molecule has 0 aliphatic rings. The number of thiophene rings is 1. The first kappa shape index (κ1) is 19.8. The summed E-state index contributed by atoms with van der Waals surface area (Å²) in [6, 6.07) is 8.90. The molecule has 1 N–H and O–H groups in total. The molecule has 0 aliphatic carbocycles. The van der Waals surface area contributed by atoms with Crippen molar-refractivity contribution in [2.24, 2.45) is 0 Å². The summed E-state index contributed by atoms with van der Waals surface area (Å²) in [5.74, 6) is 0.386. The maximum Gasteiger partial charge on any atom is 0.354 e. The van der Waals surface area contributed by atoms with Crippen LogP contribution in [0.15, 0.2) is 30.3 Å². The number of fused-ring (bicyclic) bond motifs is 1. The van der Waals surface area contributed by atoms with Gasteiger partial charge in [0.05, 0.1) is 31.5 Å². The Morgan fingerprint density at radius 1 is 1.04 bits per heavy atom. The van der Waals surface area contributed by atoms with Gasteiger partial charge in [0.1, 0.15) is 23.7 Å². The van der Waals surface area contributed by atoms with E-state index in [0.29, 0.717) is 22.9 Å². The minimum Gasteiger partial charge on any atom is -0.497 e. The summed E-state index contributed by atoms with van der Waals surface area (Å²) in [5, 5.41) is 2.83. The lowest BCUT2D eigenvalue weighted by atomic mass is 10.2. The number of amides is 1. The van der Waals surface area contributed by atoms with Gasteiger partial charge in [0.2, 0.25) is 5.91 Å². The van der Waals surface area contributed by atoms with E-state index in [9.17, 15) is 9.59 Å². The van der Waals surface area contributed by atoms with Gasteiger partial charge in [0.25, 0.3) is 0 Å². The quantitative estimate of drug-likeness (QED) is 0.610. The molecule has 1 aromatic carbocycles. The van der Waals surface area contributed by atoms with Gasteiger partial charge in [-0.2, -0.15) is 0 Å². The number of aromatic nitrogens is 1. The lowest BCUT2D eigenvalue weighted by Gasteiger charge is -2.12. The summed E-state index contributed by atoms with van der Waals surface area (Å²) < 4.78 is 18.0. The highest BCUT2D eigenvalue weighted by atomic mass is 32.1. The summed E-state index contributed by atoms with van der Waals surface area (Å²) in [6.07, 6.45) is 0.892. The number of hydrogen-bond acceptors (Lipinski definition) is 6. The highest BCUT2D eigenvalue weighted by Crippen LogP contribution is 2.30. The van der Waals surface area contributed by atoms with Crippen molar-refractivity contribution in [3.8, 4) is 11.5 Å². The van der Waals surface area contributed by atoms with Crippen LogP contribution in [0.5, 0.6) is 11.5 Å². The third kappa shape index (κ3) is 3.96. The summed E-state index contributed by atoms with van der Waals surface area (Å²) in [4.78, 5) is 26.0. The molecule has 3 aromatic rings. The molecular weight excluding hydrogens is 380 g/mol. The van der Waals surface area contributed by atoms with Crippen molar-refractivity contribution in [3.05, 3.63) is 40.9 Å². The molecule has 0 saturated carbocycles. The van der Waals surface area contributed by atoms with Crippen LogP contribution in [0.3, 0.4) is 0 Å². The number of anilines is 1. The Kier molecular flexibility index (Phi) is 5.89. The molecule has 3 rings (SSSR count). The van der Waals surface area contributed by atoms with Crippen LogP contribution in [-0.2, 0) is 22.5 Å². The van der Waals surface area contributed by atoms with Gasteiger partial charge in [-0.05, 0) is 18.6 Å². The molecule has 1 amide bonds. The predicted molar refractivity (Wildman–Crippen MR) is 109 cm³/mol. The van der Waals surface area contributed by atoms with Gasteiger partial charge in [-0.15, -0.1) is 11.3 Å². The molecule has 0 bridgehead atoms. The number of aryl methyl sites for hydroxylation is 1. The molecule has 28 heavy (non-hydrogen) atoms. The van der Waals surface area contributed by atoms with Crippen LogP contribution in [0, 0.1) is 0 Å². The topological polar surface area (TPSA) is 78.8 Å². The maximum atomic E-state index is 12.7. The van der Waals surface area contributed by atoms with Gasteiger partial charge < -0.3 is 24.1 Å². The molecule has 2 aromatic heterocycles. The fraction of sp³-hybridized carbons (Fsp3) is 0.300. The highest BCUT2D eigenvalue weighted by Gasteiger charge is 2.20. The summed E-state index contributed by atoms with van der Waals surface area (Å²) in [7, 11) is 4.41. The average Bonchev–Trinajstić information content (AvgIpc) is 3.25. The zero-order chi connectivity index (χ0) is 20.3. The number of carbonyl (C=O) groups excluding carboxylic acids is 2. The van der Waals surface area contributed by atoms with Gasteiger partial charge in [0, 0.05) is 28.8 Å². The summed E-state index contributed by atoms with van der Waals surface area (Å²) in [6.45, 7) is 2.05. The van der Waals surface area contributed by atoms with Crippen molar-refractivity contribution in [2.45, 2.75) is 19.9 Å². The van der Waals surface area contributed by atoms with E-state index >= 15 is 0 Å². The number of benzene rings is 1. The van der Waals surface area contributed by atoms with Crippen molar-refractivity contribution >= 4 is 39.1 Å². The second kappa shape index (κ2) is 8.35. The van der Waals surface area contributed by atoms with Crippen molar-refractivity contribution in [2.75, 3.05) is 26.6 Å². The number of esters is 1. The van der Waals surface area contributed by atoms with Gasteiger partial charge in [-0.25, -0.2) is 4.79 Å². The van der Waals surface area contributed by atoms with E-state index in [1.165, 1.54) is 12.0 Å². The molecule has 0 saturated heterocycles. The molecule has 2 heterocycles. The van der Waals surface area contributed by atoms with E-state index in [1.54, 1.807) is 54.4 Å². The Morgan fingerprint density at radius 3 is 2.29 bits per heavy atom. The van der Waals surface area contributed by atoms with E-state index in [1.807, 2.05) is 6.07 Å². The fourth-order valence-electron chi connectivity index (χ4n) is 2.93. The van der Waals surface area contributed by atoms with Crippen LogP contribution >= 0.6 is 11.3 Å². The molecule has 0 aliphatic heterocycles. The third-order valence-corrected chi connectivity index (χ3v) is 5.54. The second-order valence-corrected chi connectivity index (χ2v) is 7.24. The first-order valence-electron chi connectivity index (χ1n) is 8.72. The molecule has 0 radical (unpaired) electrons. The minimum atomic E-state index is -0.475. The standard InChI is InChI=1S/C20H22N2O5S/c1-5-15-9-16-18(28-15)10-17(20(24)27-4)22(16)11-19(23)21-12-6-13(25-2)8-14(7-12)26-3/h6-10H,5,11H2,1-4H3,(H,21,23). The van der Waals surface area contributed by atoms with E-state index in [0.717, 1.165) is 16.6 Å². The van der Waals surface area contributed by atoms with Crippen molar-refractivity contribution in [3.63, 3.8) is 0 Å².